The molecule has 142 valence electrons. The molecule has 0 spiro atoms. The van der Waals surface area contributed by atoms with Crippen molar-refractivity contribution in [2.75, 3.05) is 11.5 Å². The summed E-state index contributed by atoms with van der Waals surface area (Å²) in [5.41, 5.74) is 1.04. The van der Waals surface area contributed by atoms with Gasteiger partial charge in [0.05, 0.1) is 6.04 Å². The van der Waals surface area contributed by atoms with Crippen LogP contribution in [0.25, 0.3) is 0 Å². The first kappa shape index (κ1) is 20.5. The van der Waals surface area contributed by atoms with Gasteiger partial charge in [-0.25, -0.2) is 4.79 Å². The maximum atomic E-state index is 12.0. The molecule has 1 unspecified atom stereocenters. The van der Waals surface area contributed by atoms with E-state index in [1.165, 1.54) is 0 Å². The molecule has 1 amide bonds. The lowest BCUT2D eigenvalue weighted by atomic mass is 9.80. The highest BCUT2D eigenvalue weighted by atomic mass is 32.2. The lowest BCUT2D eigenvalue weighted by Crippen LogP contribution is -2.46. The quantitative estimate of drug-likeness (QED) is 0.600. The molecule has 1 aliphatic carbocycles. The number of rotatable bonds is 2. The van der Waals surface area contributed by atoms with Crippen LogP contribution in [0.4, 0.5) is 10.5 Å². The molecule has 2 rings (SSSR count). The Morgan fingerprint density at radius 2 is 1.85 bits per heavy atom. The summed E-state index contributed by atoms with van der Waals surface area (Å²) in [6, 6.07) is 5.39. The number of hydrogen-bond acceptors (Lipinski definition) is 4. The van der Waals surface area contributed by atoms with Crippen molar-refractivity contribution in [1.82, 2.24) is 0 Å². The van der Waals surface area contributed by atoms with E-state index in [-0.39, 0.29) is 11.5 Å². The van der Waals surface area contributed by atoms with E-state index >= 15 is 0 Å². The first-order valence-electron chi connectivity index (χ1n) is 8.24. The second-order valence-electron chi connectivity index (χ2n) is 6.92. The smallest absolute Gasteiger partial charge is 0.412 e. The van der Waals surface area contributed by atoms with Crippen LogP contribution >= 0.6 is 0 Å². The van der Waals surface area contributed by atoms with Gasteiger partial charge in [0.25, 0.3) is 0 Å². The predicted octanol–water partition coefficient (Wildman–Crippen LogP) is 2.48. The molecule has 0 saturated carbocycles. The lowest BCUT2D eigenvalue weighted by Gasteiger charge is -2.33. The minimum absolute atomic E-state index is 0.0385. The zero-order valence-corrected chi connectivity index (χ0v) is 16.1. The van der Waals surface area contributed by atoms with Crippen molar-refractivity contribution in [3.63, 3.8) is 0 Å². The van der Waals surface area contributed by atoms with E-state index in [0.717, 1.165) is 4.90 Å². The summed E-state index contributed by atoms with van der Waals surface area (Å²) in [6.07, 6.45) is 3.67. The fourth-order valence-corrected chi connectivity index (χ4v) is 3.77. The summed E-state index contributed by atoms with van der Waals surface area (Å²) in [5, 5.41) is 18.5. The maximum absolute atomic E-state index is 12.0. The molecule has 2 N–H and O–H groups in total. The molecule has 1 aromatic rings. The normalized spacial score (nSPS) is 16.2. The largest absolute Gasteiger partial charge is 0.465 e. The number of nitrogens with zero attached hydrogens (tertiary/aromatic N) is 1. The molecule has 1 atom stereocenters. The van der Waals surface area contributed by atoms with Crippen molar-refractivity contribution in [2.24, 2.45) is 5.41 Å². The summed E-state index contributed by atoms with van der Waals surface area (Å²) >= 11 is 0. The van der Waals surface area contributed by atoms with Gasteiger partial charge in [-0.2, -0.15) is 8.42 Å². The van der Waals surface area contributed by atoms with E-state index in [0.29, 0.717) is 16.8 Å². The number of benzene rings is 1. The van der Waals surface area contributed by atoms with Crippen molar-refractivity contribution < 1.29 is 23.4 Å². The topological polar surface area (TPSA) is 94.9 Å². The van der Waals surface area contributed by atoms with Crippen molar-refractivity contribution in [1.29, 1.82) is 0 Å². The average molecular weight is 387 g/mol. The van der Waals surface area contributed by atoms with Gasteiger partial charge in [-0.05, 0) is 35.3 Å². The molecule has 0 radical (unpaired) electrons. The van der Waals surface area contributed by atoms with E-state index in [9.17, 15) is 18.3 Å². The van der Waals surface area contributed by atoms with Gasteiger partial charge >= 0.3 is 6.09 Å². The third-order valence-corrected chi connectivity index (χ3v) is 4.84. The van der Waals surface area contributed by atoms with Crippen LogP contribution in [-0.4, -0.2) is 42.2 Å². The van der Waals surface area contributed by atoms with Gasteiger partial charge in [-0.3, -0.25) is 4.90 Å². The van der Waals surface area contributed by atoms with Crippen LogP contribution in [0.2, 0.25) is 0 Å². The number of amides is 1. The zero-order chi connectivity index (χ0) is 20.2. The Kier molecular flexibility index (Phi) is 6.26. The van der Waals surface area contributed by atoms with E-state index in [1.54, 1.807) is 42.5 Å². The molecule has 1 aliphatic rings. The number of carboxylic acid groups (broad SMARTS) is 1. The third kappa shape index (κ3) is 4.67. The van der Waals surface area contributed by atoms with E-state index in [2.05, 4.69) is 11.8 Å². The van der Waals surface area contributed by atoms with Crippen molar-refractivity contribution >= 4 is 26.9 Å². The fraction of sp³-hybridized carbons (Fsp3) is 0.300. The standard InChI is InChI=1S/C20H21NO5S/c1-20(2,3)16-7-4-8-17(18(16)27(25)26)21(19(23)24)15-11-9-14(10-12-15)6-5-13-22/h4,7-12,17,22H,13H2,1-3H3,(H,23,24). The van der Waals surface area contributed by atoms with Crippen LogP contribution in [0.15, 0.2) is 48.1 Å². The number of anilines is 1. The third-order valence-electron chi connectivity index (χ3n) is 4.02. The fourth-order valence-electron chi connectivity index (χ4n) is 2.83. The Morgan fingerprint density at radius 1 is 1.22 bits per heavy atom. The van der Waals surface area contributed by atoms with E-state index in [1.807, 2.05) is 20.8 Å². The summed E-state index contributed by atoms with van der Waals surface area (Å²) < 4.78 is 24.0. The number of allylic oxidation sites excluding steroid dienone is 2. The van der Waals surface area contributed by atoms with Crippen LogP contribution in [0, 0.1) is 17.3 Å². The van der Waals surface area contributed by atoms with Crippen LogP contribution in [0.5, 0.6) is 0 Å². The van der Waals surface area contributed by atoms with Gasteiger partial charge in [0.1, 0.15) is 11.5 Å². The molecule has 6 nitrogen and oxygen atoms in total. The number of aliphatic hydroxyl groups is 1. The molecule has 0 saturated heterocycles. The minimum atomic E-state index is -2.59. The summed E-state index contributed by atoms with van der Waals surface area (Å²) in [5.74, 6) is 5.25. The van der Waals surface area contributed by atoms with Crippen molar-refractivity contribution in [3.8, 4) is 11.8 Å². The molecule has 27 heavy (non-hydrogen) atoms. The number of carbonyl (C=O) groups is 1. The minimum Gasteiger partial charge on any atom is -0.465 e. The van der Waals surface area contributed by atoms with Gasteiger partial charge in [0.15, 0.2) is 0 Å². The highest BCUT2D eigenvalue weighted by molar-refractivity contribution is 7.73. The highest BCUT2D eigenvalue weighted by Crippen LogP contribution is 2.32. The Morgan fingerprint density at radius 3 is 2.33 bits per heavy atom. The maximum Gasteiger partial charge on any atom is 0.412 e. The first-order chi connectivity index (χ1) is 12.7. The Bertz CT molecular complexity index is 976. The van der Waals surface area contributed by atoms with Crippen LogP contribution < -0.4 is 4.90 Å². The van der Waals surface area contributed by atoms with Gasteiger partial charge in [0.2, 0.25) is 10.3 Å². The van der Waals surface area contributed by atoms with Gasteiger partial charge < -0.3 is 10.2 Å². The lowest BCUT2D eigenvalue weighted by molar-refractivity contribution is 0.201. The van der Waals surface area contributed by atoms with Gasteiger partial charge in [-0.15, -0.1) is 0 Å². The van der Waals surface area contributed by atoms with E-state index in [4.69, 9.17) is 5.11 Å². The highest BCUT2D eigenvalue weighted by Gasteiger charge is 2.35. The number of hydrogen-bond donors (Lipinski definition) is 2. The molecule has 0 heterocycles. The number of aliphatic hydroxyl groups excluding tert-OH is 1. The van der Waals surface area contributed by atoms with Gasteiger partial charge in [0, 0.05) is 11.3 Å². The Balaban J connectivity index is 2.54. The first-order valence-corrected chi connectivity index (χ1v) is 9.31. The summed E-state index contributed by atoms with van der Waals surface area (Å²) in [4.78, 5) is 13.0. The van der Waals surface area contributed by atoms with Gasteiger partial charge in [-0.1, -0.05) is 50.8 Å². The molecule has 0 aliphatic heterocycles. The molecular formula is C20H21NO5S. The SMILES string of the molecule is CC(C)(C)C1=CC=CC(N(C(=O)O)c2ccc(C#CCO)cc2)C1=S(=O)=O. The summed E-state index contributed by atoms with van der Waals surface area (Å²) in [6.45, 7) is 5.36. The average Bonchev–Trinajstić information content (AvgIpc) is 2.59. The molecule has 0 fully saturated rings. The predicted molar refractivity (Wildman–Crippen MR) is 105 cm³/mol. The van der Waals surface area contributed by atoms with Crippen LogP contribution in [0.3, 0.4) is 0 Å². The zero-order valence-electron chi connectivity index (χ0n) is 15.3. The van der Waals surface area contributed by atoms with Crippen LogP contribution in [-0.2, 0) is 10.3 Å². The molecule has 7 heteroatoms. The Hall–Kier alpha value is -2.82. The van der Waals surface area contributed by atoms with Crippen molar-refractivity contribution in [3.05, 3.63) is 53.6 Å². The molecule has 0 bridgehead atoms. The second kappa shape index (κ2) is 8.25. The van der Waals surface area contributed by atoms with Crippen LogP contribution in [0.1, 0.15) is 26.3 Å². The Labute approximate surface area is 160 Å². The molecule has 0 aromatic heterocycles. The van der Waals surface area contributed by atoms with Crippen molar-refractivity contribution in [2.45, 2.75) is 26.8 Å². The monoisotopic (exact) mass is 387 g/mol. The molecule has 1 aromatic carbocycles. The molecular weight excluding hydrogens is 366 g/mol. The summed E-state index contributed by atoms with van der Waals surface area (Å²) in [7, 11) is -2.59. The van der Waals surface area contributed by atoms with E-state index < -0.39 is 27.8 Å². The second-order valence-corrected chi connectivity index (χ2v) is 7.83.